The molecule has 0 saturated carbocycles. The average molecular weight is 283 g/mol. The zero-order chi connectivity index (χ0) is 14.7. The van der Waals surface area contributed by atoms with Crippen LogP contribution in [0.25, 0.3) is 0 Å². The summed E-state index contributed by atoms with van der Waals surface area (Å²) >= 11 is 0. The van der Waals surface area contributed by atoms with Crippen LogP contribution in [-0.4, -0.2) is 19.9 Å². The van der Waals surface area contributed by atoms with Crippen LogP contribution in [-0.2, 0) is 14.8 Å². The van der Waals surface area contributed by atoms with E-state index in [0.29, 0.717) is 0 Å². The van der Waals surface area contributed by atoms with Crippen LogP contribution in [0.15, 0.2) is 41.8 Å². The molecule has 0 radical (unpaired) electrons. The van der Waals surface area contributed by atoms with Gasteiger partial charge in [0.2, 0.25) is 10.0 Å². The van der Waals surface area contributed by atoms with Crippen molar-refractivity contribution in [3.8, 4) is 5.75 Å². The van der Waals surface area contributed by atoms with Crippen molar-refractivity contribution >= 4 is 16.0 Å². The maximum Gasteiger partial charge on any atom is 0.335 e. The molecule has 0 fully saturated rings. The van der Waals surface area contributed by atoms with E-state index in [0.717, 1.165) is 6.08 Å². The lowest BCUT2D eigenvalue weighted by molar-refractivity contribution is -0.128. The summed E-state index contributed by atoms with van der Waals surface area (Å²) in [5.74, 6) is -0.331. The zero-order valence-corrected chi connectivity index (χ0v) is 12.0. The first-order valence-electron chi connectivity index (χ1n) is 5.62. The van der Waals surface area contributed by atoms with Gasteiger partial charge in [0.25, 0.3) is 0 Å². The quantitative estimate of drug-likeness (QED) is 0.520. The lowest BCUT2D eigenvalue weighted by Crippen LogP contribution is -2.40. The van der Waals surface area contributed by atoms with Gasteiger partial charge in [0.15, 0.2) is 0 Å². The number of benzene rings is 1. The lowest BCUT2D eigenvalue weighted by atomic mass is 10.1. The number of carbonyl (C=O) groups excluding carboxylic acids is 1. The predicted molar refractivity (Wildman–Crippen MR) is 72.3 cm³/mol. The summed E-state index contributed by atoms with van der Waals surface area (Å²) in [4.78, 5) is 11.1. The maximum absolute atomic E-state index is 12.0. The molecule has 5 nitrogen and oxygen atoms in total. The van der Waals surface area contributed by atoms with Gasteiger partial charge in [-0.3, -0.25) is 0 Å². The normalized spacial score (nSPS) is 11.9. The highest BCUT2D eigenvalue weighted by Gasteiger charge is 2.21. The van der Waals surface area contributed by atoms with Crippen LogP contribution in [0, 0.1) is 0 Å². The van der Waals surface area contributed by atoms with Gasteiger partial charge in [-0.15, -0.1) is 0 Å². The number of hydrogen-bond acceptors (Lipinski definition) is 4. The second-order valence-corrected chi connectivity index (χ2v) is 6.63. The minimum atomic E-state index is -3.58. The van der Waals surface area contributed by atoms with E-state index in [1.54, 1.807) is 20.8 Å². The molecule has 0 aromatic heterocycles. The van der Waals surface area contributed by atoms with Crippen molar-refractivity contribution in [2.45, 2.75) is 31.2 Å². The molecule has 1 aromatic rings. The Morgan fingerprint density at radius 3 is 2.21 bits per heavy atom. The van der Waals surface area contributed by atoms with Gasteiger partial charge in [-0.25, -0.2) is 17.9 Å². The van der Waals surface area contributed by atoms with Crippen molar-refractivity contribution in [3.05, 3.63) is 36.9 Å². The summed E-state index contributed by atoms with van der Waals surface area (Å²) in [6, 6.07) is 5.58. The third kappa shape index (κ3) is 4.84. The molecule has 0 amide bonds. The van der Waals surface area contributed by atoms with Gasteiger partial charge in [0, 0.05) is 11.6 Å². The molecule has 0 unspecified atom stereocenters. The Morgan fingerprint density at radius 2 is 1.79 bits per heavy atom. The zero-order valence-electron chi connectivity index (χ0n) is 11.1. The van der Waals surface area contributed by atoms with E-state index < -0.39 is 21.5 Å². The topological polar surface area (TPSA) is 72.5 Å². The Labute approximate surface area is 113 Å². The molecule has 0 atom stereocenters. The van der Waals surface area contributed by atoms with Gasteiger partial charge in [0.1, 0.15) is 5.75 Å². The van der Waals surface area contributed by atoms with Crippen LogP contribution >= 0.6 is 0 Å². The van der Waals surface area contributed by atoms with E-state index >= 15 is 0 Å². The van der Waals surface area contributed by atoms with Gasteiger partial charge in [-0.05, 0) is 45.0 Å². The lowest BCUT2D eigenvalue weighted by Gasteiger charge is -2.20. The molecule has 0 aliphatic carbocycles. The first kappa shape index (κ1) is 15.4. The number of nitrogens with one attached hydrogen (secondary N) is 1. The predicted octanol–water partition coefficient (Wildman–Crippen LogP) is 1.85. The van der Waals surface area contributed by atoms with Crippen molar-refractivity contribution in [2.24, 2.45) is 0 Å². The van der Waals surface area contributed by atoms with E-state index in [-0.39, 0.29) is 10.6 Å². The summed E-state index contributed by atoms with van der Waals surface area (Å²) in [5, 5.41) is 0. The SMILES string of the molecule is C=CC(=O)Oc1ccc(S(=O)(=O)NC(C)(C)C)cc1. The molecule has 0 spiro atoms. The third-order valence-electron chi connectivity index (χ3n) is 1.96. The van der Waals surface area contributed by atoms with Gasteiger partial charge in [0.05, 0.1) is 4.90 Å². The van der Waals surface area contributed by atoms with Gasteiger partial charge in [-0.1, -0.05) is 6.58 Å². The van der Waals surface area contributed by atoms with Crippen LogP contribution in [0.4, 0.5) is 0 Å². The highest BCUT2D eigenvalue weighted by Crippen LogP contribution is 2.17. The van der Waals surface area contributed by atoms with Crippen molar-refractivity contribution in [1.29, 1.82) is 0 Å². The van der Waals surface area contributed by atoms with Gasteiger partial charge in [-0.2, -0.15) is 0 Å². The van der Waals surface area contributed by atoms with Crippen molar-refractivity contribution in [3.63, 3.8) is 0 Å². The van der Waals surface area contributed by atoms with E-state index in [9.17, 15) is 13.2 Å². The largest absolute Gasteiger partial charge is 0.423 e. The summed E-state index contributed by atoms with van der Waals surface area (Å²) < 4.78 is 31.4. The molecule has 19 heavy (non-hydrogen) atoms. The van der Waals surface area contributed by atoms with Crippen LogP contribution in [0.5, 0.6) is 5.75 Å². The minimum Gasteiger partial charge on any atom is -0.423 e. The molecule has 1 rings (SSSR count). The van der Waals surface area contributed by atoms with Crippen LogP contribution in [0.3, 0.4) is 0 Å². The van der Waals surface area contributed by atoms with Crippen molar-refractivity contribution in [2.75, 3.05) is 0 Å². The van der Waals surface area contributed by atoms with E-state index in [4.69, 9.17) is 4.74 Å². The van der Waals surface area contributed by atoms with E-state index in [1.165, 1.54) is 24.3 Å². The third-order valence-corrected chi connectivity index (χ3v) is 3.73. The van der Waals surface area contributed by atoms with E-state index in [1.807, 2.05) is 0 Å². The monoisotopic (exact) mass is 283 g/mol. The fourth-order valence-electron chi connectivity index (χ4n) is 1.31. The number of rotatable bonds is 4. The number of esters is 1. The van der Waals surface area contributed by atoms with Crippen molar-refractivity contribution in [1.82, 2.24) is 4.72 Å². The summed E-state index contributed by atoms with van der Waals surface area (Å²) in [7, 11) is -3.58. The highest BCUT2D eigenvalue weighted by atomic mass is 32.2. The van der Waals surface area contributed by atoms with E-state index in [2.05, 4.69) is 11.3 Å². The number of sulfonamides is 1. The molecule has 1 N–H and O–H groups in total. The molecule has 0 aliphatic rings. The minimum absolute atomic E-state index is 0.112. The Morgan fingerprint density at radius 1 is 1.26 bits per heavy atom. The molecule has 104 valence electrons. The Bertz CT molecular complexity index is 568. The summed E-state index contributed by atoms with van der Waals surface area (Å²) in [6.45, 7) is 8.54. The van der Waals surface area contributed by atoms with Gasteiger partial charge >= 0.3 is 5.97 Å². The molecule has 0 heterocycles. The smallest absolute Gasteiger partial charge is 0.335 e. The molecular formula is C13H17NO4S. The molecule has 1 aromatic carbocycles. The van der Waals surface area contributed by atoms with Gasteiger partial charge < -0.3 is 4.74 Å². The van der Waals surface area contributed by atoms with Crippen LogP contribution in [0.1, 0.15) is 20.8 Å². The summed E-state index contributed by atoms with van der Waals surface area (Å²) in [5.41, 5.74) is -0.563. The number of ether oxygens (including phenoxy) is 1. The molecule has 0 bridgehead atoms. The molecular weight excluding hydrogens is 266 g/mol. The maximum atomic E-state index is 12.0. The Kier molecular flexibility index (Phi) is 4.49. The fraction of sp³-hybridized carbons (Fsp3) is 0.308. The standard InChI is InChI=1S/C13H17NO4S/c1-5-12(15)18-10-6-8-11(9-7-10)19(16,17)14-13(2,3)4/h5-9,14H,1H2,2-4H3. The second-order valence-electron chi connectivity index (χ2n) is 4.95. The van der Waals surface area contributed by atoms with Crippen LogP contribution < -0.4 is 9.46 Å². The Hall–Kier alpha value is -1.66. The first-order valence-corrected chi connectivity index (χ1v) is 7.11. The first-order chi connectivity index (χ1) is 8.64. The fourth-order valence-corrected chi connectivity index (χ4v) is 2.73. The number of carbonyl (C=O) groups is 1. The molecule has 0 saturated heterocycles. The summed E-state index contributed by atoms with van der Waals surface area (Å²) in [6.07, 6.45) is 1.03. The Balaban J connectivity index is 2.93. The van der Waals surface area contributed by atoms with Crippen LogP contribution in [0.2, 0.25) is 0 Å². The molecule has 0 aliphatic heterocycles. The molecule has 6 heteroatoms. The van der Waals surface area contributed by atoms with Crippen molar-refractivity contribution < 1.29 is 17.9 Å². The number of hydrogen-bond donors (Lipinski definition) is 1. The highest BCUT2D eigenvalue weighted by molar-refractivity contribution is 7.89. The second kappa shape index (κ2) is 5.54. The average Bonchev–Trinajstić information content (AvgIpc) is 2.26.